The van der Waals surface area contributed by atoms with Crippen LogP contribution in [0.5, 0.6) is 0 Å². The molecule has 0 radical (unpaired) electrons. The first-order valence-electron chi connectivity index (χ1n) is 7.50. The summed E-state index contributed by atoms with van der Waals surface area (Å²) >= 11 is 0. The molecule has 0 bridgehead atoms. The Balaban J connectivity index is 4.23. The van der Waals surface area contributed by atoms with Crippen molar-refractivity contribution in [3.05, 3.63) is 0 Å². The van der Waals surface area contributed by atoms with E-state index in [2.05, 4.69) is 41.5 Å². The van der Waals surface area contributed by atoms with Gasteiger partial charge < -0.3 is 0 Å². The number of hydrogen-bond acceptors (Lipinski definition) is 0. The lowest BCUT2D eigenvalue weighted by Crippen LogP contribution is -2.06. The molecule has 0 aromatic rings. The lowest BCUT2D eigenvalue weighted by atomic mass is 10.4. The van der Waals surface area contributed by atoms with E-state index in [1.165, 1.54) is 38.0 Å². The van der Waals surface area contributed by atoms with Crippen LogP contribution in [0.4, 0.5) is 0 Å². The Morgan fingerprint density at radius 2 is 1.06 bits per heavy atom. The average molecular weight is 276 g/mol. The minimum absolute atomic E-state index is 0.315. The molecule has 0 aliphatic carbocycles. The highest BCUT2D eigenvalue weighted by Gasteiger charge is 2.19. The minimum atomic E-state index is 0.315. The van der Waals surface area contributed by atoms with Crippen molar-refractivity contribution >= 4 is 15.8 Å². The molecule has 17 heavy (non-hydrogen) atoms. The fourth-order valence-electron chi connectivity index (χ4n) is 1.94. The second-order valence-electron chi connectivity index (χ2n) is 5.66. The van der Waals surface area contributed by atoms with Crippen molar-refractivity contribution in [2.24, 2.45) is 0 Å². The minimum Gasteiger partial charge on any atom is -0.0997 e. The van der Waals surface area contributed by atoms with E-state index >= 15 is 0 Å². The van der Waals surface area contributed by atoms with Gasteiger partial charge in [0.25, 0.3) is 0 Å². The highest BCUT2D eigenvalue weighted by atomic mass is 31.2. The van der Waals surface area contributed by atoms with Crippen molar-refractivity contribution in [1.82, 2.24) is 0 Å². The lowest BCUT2D eigenvalue weighted by molar-refractivity contribution is 0.879. The maximum absolute atomic E-state index is 2.45. The zero-order valence-electron chi connectivity index (χ0n) is 13.0. The SMILES string of the molecule is CCCCP(CP(CCCC)C(C)C)C(C)C. The summed E-state index contributed by atoms with van der Waals surface area (Å²) in [5, 5.41) is 0. The van der Waals surface area contributed by atoms with Gasteiger partial charge in [-0.3, -0.25) is 0 Å². The van der Waals surface area contributed by atoms with Crippen molar-refractivity contribution in [2.75, 3.05) is 18.2 Å². The third-order valence-electron chi connectivity index (χ3n) is 3.42. The van der Waals surface area contributed by atoms with E-state index in [1.54, 1.807) is 5.90 Å². The lowest BCUT2D eigenvalue weighted by Gasteiger charge is -2.30. The third-order valence-corrected chi connectivity index (χ3v) is 11.0. The van der Waals surface area contributed by atoms with Crippen LogP contribution >= 0.6 is 15.8 Å². The molecular formula is C15H34P2. The molecule has 2 atom stereocenters. The second kappa shape index (κ2) is 10.8. The van der Waals surface area contributed by atoms with Gasteiger partial charge in [0.2, 0.25) is 0 Å². The summed E-state index contributed by atoms with van der Waals surface area (Å²) in [4.78, 5) is 0. The molecule has 0 rings (SSSR count). The predicted molar refractivity (Wildman–Crippen MR) is 88.5 cm³/mol. The van der Waals surface area contributed by atoms with Crippen LogP contribution in [0.2, 0.25) is 0 Å². The van der Waals surface area contributed by atoms with Gasteiger partial charge in [-0.25, -0.2) is 0 Å². The zero-order valence-corrected chi connectivity index (χ0v) is 14.8. The summed E-state index contributed by atoms with van der Waals surface area (Å²) < 4.78 is 0. The van der Waals surface area contributed by atoms with Gasteiger partial charge >= 0.3 is 0 Å². The first-order valence-corrected chi connectivity index (χ1v) is 11.1. The number of rotatable bonds is 10. The molecule has 0 aromatic heterocycles. The van der Waals surface area contributed by atoms with E-state index in [4.69, 9.17) is 0 Å². The molecule has 0 spiro atoms. The van der Waals surface area contributed by atoms with Crippen LogP contribution in [0.25, 0.3) is 0 Å². The molecule has 0 aromatic carbocycles. The first-order chi connectivity index (χ1) is 8.02. The van der Waals surface area contributed by atoms with Crippen LogP contribution in [0.3, 0.4) is 0 Å². The Hall–Kier alpha value is 0.860. The molecule has 0 N–H and O–H groups in total. The average Bonchev–Trinajstić information content (AvgIpc) is 2.27. The fourth-order valence-corrected chi connectivity index (χ4v) is 10.0. The van der Waals surface area contributed by atoms with Gasteiger partial charge in [0.15, 0.2) is 0 Å². The highest BCUT2D eigenvalue weighted by Crippen LogP contribution is 2.56. The molecule has 0 fully saturated rings. The molecule has 0 heterocycles. The van der Waals surface area contributed by atoms with Gasteiger partial charge in [0, 0.05) is 0 Å². The second-order valence-corrected chi connectivity index (χ2v) is 12.1. The first kappa shape index (κ1) is 17.9. The maximum Gasteiger partial charge on any atom is -0.0116 e. The van der Waals surface area contributed by atoms with Gasteiger partial charge in [0.05, 0.1) is 0 Å². The molecule has 0 saturated heterocycles. The van der Waals surface area contributed by atoms with Crippen LogP contribution in [-0.4, -0.2) is 29.5 Å². The van der Waals surface area contributed by atoms with E-state index in [1.807, 2.05) is 0 Å². The van der Waals surface area contributed by atoms with E-state index in [0.717, 1.165) is 11.3 Å². The smallest absolute Gasteiger partial charge is 0.0116 e. The molecular weight excluding hydrogens is 242 g/mol. The summed E-state index contributed by atoms with van der Waals surface area (Å²) in [6, 6.07) is 0. The van der Waals surface area contributed by atoms with Crippen LogP contribution in [-0.2, 0) is 0 Å². The maximum atomic E-state index is 2.45. The van der Waals surface area contributed by atoms with Crippen molar-refractivity contribution in [1.29, 1.82) is 0 Å². The van der Waals surface area contributed by atoms with Gasteiger partial charge in [0.1, 0.15) is 0 Å². The van der Waals surface area contributed by atoms with Gasteiger partial charge in [-0.15, -0.1) is 0 Å². The van der Waals surface area contributed by atoms with Crippen molar-refractivity contribution in [2.45, 2.75) is 78.5 Å². The summed E-state index contributed by atoms with van der Waals surface area (Å²) in [6.45, 7) is 14.5. The van der Waals surface area contributed by atoms with Gasteiger partial charge in [-0.05, 0) is 42.4 Å². The van der Waals surface area contributed by atoms with Crippen molar-refractivity contribution in [3.8, 4) is 0 Å². The molecule has 0 amide bonds. The molecule has 0 aliphatic rings. The summed E-state index contributed by atoms with van der Waals surface area (Å²) in [6.07, 6.45) is 8.72. The third kappa shape index (κ3) is 8.56. The fraction of sp³-hybridized carbons (Fsp3) is 1.00. The molecule has 2 heteroatoms. The normalized spacial score (nSPS) is 15.5. The standard InChI is InChI=1S/C15H34P2/c1-7-9-11-16(14(3)4)13-17(15(5)6)12-10-8-2/h14-15H,7-13H2,1-6H3. The van der Waals surface area contributed by atoms with E-state index in [9.17, 15) is 0 Å². The Kier molecular flexibility index (Phi) is 11.3. The van der Waals surface area contributed by atoms with Gasteiger partial charge in [-0.2, -0.15) is 0 Å². The topological polar surface area (TPSA) is 0 Å². The van der Waals surface area contributed by atoms with E-state index in [-0.39, 0.29) is 0 Å². The van der Waals surface area contributed by atoms with Crippen molar-refractivity contribution in [3.63, 3.8) is 0 Å². The Morgan fingerprint density at radius 3 is 1.29 bits per heavy atom. The monoisotopic (exact) mass is 276 g/mol. The summed E-state index contributed by atoms with van der Waals surface area (Å²) in [5.74, 6) is 1.60. The van der Waals surface area contributed by atoms with Crippen LogP contribution < -0.4 is 0 Å². The number of unbranched alkanes of at least 4 members (excludes halogenated alkanes) is 2. The van der Waals surface area contributed by atoms with Crippen LogP contribution in [0, 0.1) is 0 Å². The quantitative estimate of drug-likeness (QED) is 0.409. The predicted octanol–water partition coefficient (Wildman–Crippen LogP) is 6.32. The van der Waals surface area contributed by atoms with Crippen LogP contribution in [0.1, 0.15) is 67.2 Å². The molecule has 0 nitrogen and oxygen atoms in total. The Bertz CT molecular complexity index is 148. The van der Waals surface area contributed by atoms with E-state index < -0.39 is 0 Å². The van der Waals surface area contributed by atoms with Gasteiger partial charge in [-0.1, -0.05) is 70.2 Å². The Labute approximate surface area is 113 Å². The molecule has 0 saturated carbocycles. The zero-order chi connectivity index (χ0) is 13.3. The summed E-state index contributed by atoms with van der Waals surface area (Å²) in [5.41, 5.74) is 1.89. The summed E-state index contributed by atoms with van der Waals surface area (Å²) in [7, 11) is 0.630. The highest BCUT2D eigenvalue weighted by molar-refractivity contribution is 7.75. The number of hydrogen-bond donors (Lipinski definition) is 0. The Morgan fingerprint density at radius 1 is 0.706 bits per heavy atom. The molecule has 2 unspecified atom stereocenters. The molecule has 104 valence electrons. The van der Waals surface area contributed by atoms with Crippen LogP contribution in [0.15, 0.2) is 0 Å². The largest absolute Gasteiger partial charge is 0.0997 e. The van der Waals surface area contributed by atoms with Crippen molar-refractivity contribution < 1.29 is 0 Å². The molecule has 0 aliphatic heterocycles. The van der Waals surface area contributed by atoms with E-state index in [0.29, 0.717) is 15.8 Å².